The number of hydrogen-bond donors (Lipinski definition) is 2. The average Bonchev–Trinajstić information content (AvgIpc) is 2.38. The van der Waals surface area contributed by atoms with Crippen LogP contribution in [0, 0.1) is 0 Å². The predicted octanol–water partition coefficient (Wildman–Crippen LogP) is 2.58. The van der Waals surface area contributed by atoms with Crippen LogP contribution in [-0.2, 0) is 9.53 Å². The lowest BCUT2D eigenvalue weighted by Crippen LogP contribution is -2.30. The molecule has 0 fully saturated rings. The Kier molecular flexibility index (Phi) is 6.88. The first-order chi connectivity index (χ1) is 9.92. The summed E-state index contributed by atoms with van der Waals surface area (Å²) in [6.07, 6.45) is 0.259. The molecule has 0 bridgehead atoms. The molecule has 2 N–H and O–H groups in total. The fourth-order valence-corrected chi connectivity index (χ4v) is 1.88. The Hall–Kier alpha value is -1.88. The summed E-state index contributed by atoms with van der Waals surface area (Å²) in [5, 5.41) is 5.99. The Morgan fingerprint density at radius 2 is 1.76 bits per heavy atom. The molecular weight excluding hydrogens is 268 g/mol. The van der Waals surface area contributed by atoms with Crippen LogP contribution in [0.3, 0.4) is 0 Å². The molecule has 116 valence electrons. The van der Waals surface area contributed by atoms with Crippen molar-refractivity contribution in [2.24, 2.45) is 0 Å². The molecule has 1 aromatic carbocycles. The molecule has 0 saturated carbocycles. The van der Waals surface area contributed by atoms with Gasteiger partial charge in [-0.15, -0.1) is 0 Å². The van der Waals surface area contributed by atoms with Crippen molar-refractivity contribution in [1.82, 2.24) is 5.32 Å². The van der Waals surface area contributed by atoms with Crippen molar-refractivity contribution in [3.05, 3.63) is 29.8 Å². The summed E-state index contributed by atoms with van der Waals surface area (Å²) in [4.78, 5) is 23.5. The van der Waals surface area contributed by atoms with Gasteiger partial charge < -0.3 is 15.4 Å². The fraction of sp³-hybridized carbons (Fsp3) is 0.500. The topological polar surface area (TPSA) is 67.4 Å². The highest BCUT2D eigenvalue weighted by atomic mass is 16.5. The summed E-state index contributed by atoms with van der Waals surface area (Å²) in [7, 11) is 0. The zero-order chi connectivity index (χ0) is 15.8. The van der Waals surface area contributed by atoms with Crippen LogP contribution in [0.2, 0.25) is 0 Å². The van der Waals surface area contributed by atoms with E-state index in [4.69, 9.17) is 4.74 Å². The standard InChI is InChI=1S/C16H24N2O3/c1-5-17-12(4)10-15(19)18-14-8-6-13(7-9-14)16(20)21-11(2)3/h6-9,11-12,17H,5,10H2,1-4H3,(H,18,19). The molecule has 1 unspecified atom stereocenters. The van der Waals surface area contributed by atoms with E-state index in [1.54, 1.807) is 38.1 Å². The van der Waals surface area contributed by atoms with Crippen LogP contribution in [0.1, 0.15) is 44.5 Å². The second-order valence-corrected chi connectivity index (χ2v) is 5.24. The summed E-state index contributed by atoms with van der Waals surface area (Å²) in [5.74, 6) is -0.412. The molecule has 0 aliphatic rings. The number of amides is 1. The highest BCUT2D eigenvalue weighted by Gasteiger charge is 2.11. The Morgan fingerprint density at radius 1 is 1.14 bits per heavy atom. The minimum absolute atomic E-state index is 0.0547. The lowest BCUT2D eigenvalue weighted by molar-refractivity contribution is -0.116. The Balaban J connectivity index is 2.54. The first-order valence-corrected chi connectivity index (χ1v) is 7.26. The zero-order valence-electron chi connectivity index (χ0n) is 13.1. The van der Waals surface area contributed by atoms with E-state index in [0.717, 1.165) is 6.54 Å². The molecule has 1 amide bonds. The van der Waals surface area contributed by atoms with Crippen LogP contribution in [0.4, 0.5) is 5.69 Å². The molecule has 0 heterocycles. The van der Waals surface area contributed by atoms with Crippen molar-refractivity contribution >= 4 is 17.6 Å². The van der Waals surface area contributed by atoms with E-state index >= 15 is 0 Å². The van der Waals surface area contributed by atoms with Gasteiger partial charge in [-0.2, -0.15) is 0 Å². The molecule has 21 heavy (non-hydrogen) atoms. The molecule has 0 aliphatic heterocycles. The molecule has 5 heteroatoms. The average molecular weight is 292 g/mol. The van der Waals surface area contributed by atoms with Crippen LogP contribution in [0.15, 0.2) is 24.3 Å². The van der Waals surface area contributed by atoms with E-state index in [1.165, 1.54) is 0 Å². The van der Waals surface area contributed by atoms with Gasteiger partial charge in [0.1, 0.15) is 0 Å². The number of anilines is 1. The van der Waals surface area contributed by atoms with Gasteiger partial charge in [0.25, 0.3) is 0 Å². The van der Waals surface area contributed by atoms with Gasteiger partial charge in [-0.1, -0.05) is 6.92 Å². The fourth-order valence-electron chi connectivity index (χ4n) is 1.88. The quantitative estimate of drug-likeness (QED) is 0.758. The number of carbonyl (C=O) groups is 2. The van der Waals surface area contributed by atoms with Gasteiger partial charge in [-0.25, -0.2) is 4.79 Å². The third kappa shape index (κ3) is 6.40. The molecule has 0 aromatic heterocycles. The zero-order valence-corrected chi connectivity index (χ0v) is 13.1. The second-order valence-electron chi connectivity index (χ2n) is 5.24. The third-order valence-electron chi connectivity index (χ3n) is 2.79. The van der Waals surface area contributed by atoms with E-state index in [2.05, 4.69) is 10.6 Å². The summed E-state index contributed by atoms with van der Waals surface area (Å²) in [6, 6.07) is 6.83. The van der Waals surface area contributed by atoms with E-state index in [-0.39, 0.29) is 24.0 Å². The van der Waals surface area contributed by atoms with E-state index < -0.39 is 0 Å². The smallest absolute Gasteiger partial charge is 0.338 e. The number of esters is 1. The molecular formula is C16H24N2O3. The number of nitrogens with one attached hydrogen (secondary N) is 2. The highest BCUT2D eigenvalue weighted by Crippen LogP contribution is 2.12. The van der Waals surface area contributed by atoms with Crippen LogP contribution >= 0.6 is 0 Å². The maximum Gasteiger partial charge on any atom is 0.338 e. The van der Waals surface area contributed by atoms with Crippen molar-refractivity contribution in [2.75, 3.05) is 11.9 Å². The normalized spacial score (nSPS) is 12.0. The maximum absolute atomic E-state index is 11.8. The van der Waals surface area contributed by atoms with Gasteiger partial charge in [0.15, 0.2) is 0 Å². The largest absolute Gasteiger partial charge is 0.459 e. The van der Waals surface area contributed by atoms with Gasteiger partial charge in [-0.3, -0.25) is 4.79 Å². The van der Waals surface area contributed by atoms with Gasteiger partial charge in [0.2, 0.25) is 5.91 Å². The Bertz CT molecular complexity index is 469. The lowest BCUT2D eigenvalue weighted by Gasteiger charge is -2.12. The Labute approximate surface area is 126 Å². The number of carbonyl (C=O) groups excluding carboxylic acids is 2. The highest BCUT2D eigenvalue weighted by molar-refractivity contribution is 5.93. The van der Waals surface area contributed by atoms with Crippen molar-refractivity contribution in [3.8, 4) is 0 Å². The van der Waals surface area contributed by atoms with E-state index in [0.29, 0.717) is 17.7 Å². The maximum atomic E-state index is 11.8. The first kappa shape index (κ1) is 17.2. The summed E-state index contributed by atoms with van der Waals surface area (Å²) < 4.78 is 5.10. The van der Waals surface area contributed by atoms with Crippen LogP contribution in [0.5, 0.6) is 0 Å². The summed E-state index contributed by atoms with van der Waals surface area (Å²) >= 11 is 0. The van der Waals surface area contributed by atoms with Crippen LogP contribution in [0.25, 0.3) is 0 Å². The SMILES string of the molecule is CCNC(C)CC(=O)Nc1ccc(C(=O)OC(C)C)cc1. The molecule has 0 radical (unpaired) electrons. The van der Waals surface area contributed by atoms with Crippen LogP contribution in [-0.4, -0.2) is 30.6 Å². The second kappa shape index (κ2) is 8.42. The minimum Gasteiger partial charge on any atom is -0.459 e. The first-order valence-electron chi connectivity index (χ1n) is 7.26. The van der Waals surface area contributed by atoms with E-state index in [1.807, 2.05) is 13.8 Å². The monoisotopic (exact) mass is 292 g/mol. The number of rotatable bonds is 7. The van der Waals surface area contributed by atoms with Crippen molar-refractivity contribution < 1.29 is 14.3 Å². The van der Waals surface area contributed by atoms with E-state index in [9.17, 15) is 9.59 Å². The third-order valence-corrected chi connectivity index (χ3v) is 2.79. The van der Waals surface area contributed by atoms with Crippen molar-refractivity contribution in [3.63, 3.8) is 0 Å². The molecule has 1 aromatic rings. The Morgan fingerprint density at radius 3 is 2.29 bits per heavy atom. The number of benzene rings is 1. The molecule has 1 rings (SSSR count). The predicted molar refractivity (Wildman–Crippen MR) is 83.4 cm³/mol. The molecule has 5 nitrogen and oxygen atoms in total. The minimum atomic E-state index is -0.358. The number of hydrogen-bond acceptors (Lipinski definition) is 4. The van der Waals surface area contributed by atoms with Gasteiger partial charge in [0.05, 0.1) is 11.7 Å². The van der Waals surface area contributed by atoms with Gasteiger partial charge in [-0.05, 0) is 51.6 Å². The summed E-state index contributed by atoms with van der Waals surface area (Å²) in [5.41, 5.74) is 1.15. The van der Waals surface area contributed by atoms with Gasteiger partial charge in [0, 0.05) is 18.2 Å². The van der Waals surface area contributed by atoms with Crippen molar-refractivity contribution in [2.45, 2.75) is 46.3 Å². The van der Waals surface area contributed by atoms with Gasteiger partial charge >= 0.3 is 5.97 Å². The lowest BCUT2D eigenvalue weighted by atomic mass is 10.2. The summed E-state index contributed by atoms with van der Waals surface area (Å²) in [6.45, 7) is 8.41. The number of ether oxygens (including phenoxy) is 1. The molecule has 0 saturated heterocycles. The molecule has 0 spiro atoms. The van der Waals surface area contributed by atoms with Crippen molar-refractivity contribution in [1.29, 1.82) is 0 Å². The molecule has 1 atom stereocenters. The molecule has 0 aliphatic carbocycles. The van der Waals surface area contributed by atoms with Crippen LogP contribution < -0.4 is 10.6 Å².